The molecular formula is C16H26N2O2. The Bertz CT molecular complexity index is 409. The molecule has 1 atom stereocenters. The normalized spacial score (nSPS) is 20.4. The maximum absolute atomic E-state index is 5.91. The lowest BCUT2D eigenvalue weighted by molar-refractivity contribution is -0.0755. The van der Waals surface area contributed by atoms with Crippen molar-refractivity contribution in [3.63, 3.8) is 0 Å². The van der Waals surface area contributed by atoms with Crippen molar-refractivity contribution in [3.05, 3.63) is 29.8 Å². The molecule has 1 fully saturated rings. The van der Waals surface area contributed by atoms with Crippen molar-refractivity contribution in [1.29, 1.82) is 0 Å². The average Bonchev–Trinajstić information content (AvgIpc) is 2.45. The molecule has 112 valence electrons. The van der Waals surface area contributed by atoms with Gasteiger partial charge in [-0.05, 0) is 31.9 Å². The van der Waals surface area contributed by atoms with E-state index in [9.17, 15) is 0 Å². The van der Waals surface area contributed by atoms with Gasteiger partial charge in [0.1, 0.15) is 0 Å². The number of anilines is 1. The molecule has 1 heterocycles. The molecule has 1 unspecified atom stereocenters. The lowest BCUT2D eigenvalue weighted by Gasteiger charge is -2.35. The van der Waals surface area contributed by atoms with Gasteiger partial charge in [-0.25, -0.2) is 0 Å². The number of benzene rings is 1. The third-order valence-corrected chi connectivity index (χ3v) is 3.78. The van der Waals surface area contributed by atoms with Crippen LogP contribution in [0.25, 0.3) is 0 Å². The summed E-state index contributed by atoms with van der Waals surface area (Å²) in [5.74, 6) is 0. The molecule has 2 rings (SSSR count). The average molecular weight is 278 g/mol. The summed E-state index contributed by atoms with van der Waals surface area (Å²) < 4.78 is 11.5. The van der Waals surface area contributed by atoms with Crippen LogP contribution in [0.15, 0.2) is 24.3 Å². The van der Waals surface area contributed by atoms with E-state index in [1.807, 2.05) is 18.2 Å². The summed E-state index contributed by atoms with van der Waals surface area (Å²) in [5.41, 5.74) is 7.91. The Morgan fingerprint density at radius 1 is 1.40 bits per heavy atom. The second-order valence-electron chi connectivity index (χ2n) is 5.61. The van der Waals surface area contributed by atoms with E-state index < -0.39 is 0 Å². The number of morpholine rings is 1. The highest BCUT2D eigenvalue weighted by Gasteiger charge is 2.22. The fourth-order valence-electron chi connectivity index (χ4n) is 2.47. The lowest BCUT2D eigenvalue weighted by Crippen LogP contribution is -2.47. The Morgan fingerprint density at radius 2 is 2.20 bits per heavy atom. The van der Waals surface area contributed by atoms with E-state index in [-0.39, 0.29) is 6.10 Å². The zero-order valence-corrected chi connectivity index (χ0v) is 12.5. The number of nitrogens with two attached hydrogens (primary N) is 1. The van der Waals surface area contributed by atoms with Crippen molar-refractivity contribution < 1.29 is 9.47 Å². The first-order chi connectivity index (χ1) is 9.66. The minimum atomic E-state index is 0.194. The molecular weight excluding hydrogens is 252 g/mol. The van der Waals surface area contributed by atoms with Crippen LogP contribution in [0.2, 0.25) is 0 Å². The molecule has 0 aromatic heterocycles. The fraction of sp³-hybridized carbons (Fsp3) is 0.625. The highest BCUT2D eigenvalue weighted by atomic mass is 16.5. The lowest BCUT2D eigenvalue weighted by atomic mass is 10.1. The van der Waals surface area contributed by atoms with Crippen LogP contribution >= 0.6 is 0 Å². The van der Waals surface area contributed by atoms with E-state index in [0.717, 1.165) is 37.4 Å². The van der Waals surface area contributed by atoms with E-state index >= 15 is 0 Å². The Morgan fingerprint density at radius 3 is 2.95 bits per heavy atom. The molecule has 0 radical (unpaired) electrons. The Labute approximate surface area is 121 Å². The quantitative estimate of drug-likeness (QED) is 0.638. The first kappa shape index (κ1) is 15.3. The molecule has 1 aliphatic rings. The van der Waals surface area contributed by atoms with Gasteiger partial charge in [0.2, 0.25) is 0 Å². The number of para-hydroxylation sites is 1. The molecule has 2 N–H and O–H groups in total. The fourth-order valence-corrected chi connectivity index (χ4v) is 2.47. The zero-order valence-electron chi connectivity index (χ0n) is 12.5. The van der Waals surface area contributed by atoms with Crippen LogP contribution in [0.1, 0.15) is 19.4 Å². The van der Waals surface area contributed by atoms with Crippen molar-refractivity contribution in [2.45, 2.75) is 32.4 Å². The molecule has 0 amide bonds. The molecule has 4 nitrogen and oxygen atoms in total. The van der Waals surface area contributed by atoms with Crippen LogP contribution in [-0.4, -0.2) is 50.0 Å². The van der Waals surface area contributed by atoms with Crippen LogP contribution in [0.5, 0.6) is 0 Å². The number of hydrogen-bond acceptors (Lipinski definition) is 4. The van der Waals surface area contributed by atoms with Gasteiger partial charge in [-0.1, -0.05) is 18.2 Å². The van der Waals surface area contributed by atoms with Crippen LogP contribution in [0.3, 0.4) is 0 Å². The maximum atomic E-state index is 5.91. The van der Waals surface area contributed by atoms with Crippen LogP contribution in [0.4, 0.5) is 5.69 Å². The number of hydrogen-bond donors (Lipinski definition) is 1. The summed E-state index contributed by atoms with van der Waals surface area (Å²) >= 11 is 0. The summed E-state index contributed by atoms with van der Waals surface area (Å²) in [7, 11) is 0. The van der Waals surface area contributed by atoms with Gasteiger partial charge >= 0.3 is 0 Å². The van der Waals surface area contributed by atoms with E-state index in [2.05, 4.69) is 24.8 Å². The first-order valence-electron chi connectivity index (χ1n) is 7.43. The van der Waals surface area contributed by atoms with E-state index in [1.165, 1.54) is 0 Å². The summed E-state index contributed by atoms with van der Waals surface area (Å²) in [5, 5.41) is 0. The van der Waals surface area contributed by atoms with Crippen molar-refractivity contribution >= 4 is 5.69 Å². The summed E-state index contributed by atoms with van der Waals surface area (Å²) in [6.07, 6.45) is 1.05. The third kappa shape index (κ3) is 4.47. The maximum Gasteiger partial charge on any atom is 0.0935 e. The van der Waals surface area contributed by atoms with Crippen molar-refractivity contribution in [2.75, 3.05) is 38.6 Å². The van der Waals surface area contributed by atoms with Crippen LogP contribution < -0.4 is 5.73 Å². The SMILES string of the molecule is CC(C)N1CCOC(COCCc2ccccc2N)C1. The topological polar surface area (TPSA) is 47.7 Å². The van der Waals surface area contributed by atoms with Crippen molar-refractivity contribution in [1.82, 2.24) is 4.90 Å². The Kier molecular flexibility index (Phi) is 5.83. The predicted octanol–water partition coefficient (Wildman–Crippen LogP) is 1.94. The van der Waals surface area contributed by atoms with Crippen LogP contribution in [0, 0.1) is 0 Å². The Hall–Kier alpha value is -1.10. The number of rotatable bonds is 6. The van der Waals surface area contributed by atoms with Gasteiger partial charge in [-0.3, -0.25) is 4.90 Å². The molecule has 0 spiro atoms. The third-order valence-electron chi connectivity index (χ3n) is 3.78. The van der Waals surface area contributed by atoms with Crippen LogP contribution in [-0.2, 0) is 15.9 Å². The van der Waals surface area contributed by atoms with Gasteiger partial charge in [0.15, 0.2) is 0 Å². The number of ether oxygens (including phenoxy) is 2. The van der Waals surface area contributed by atoms with Crippen molar-refractivity contribution in [3.8, 4) is 0 Å². The molecule has 0 aliphatic carbocycles. The van der Waals surface area contributed by atoms with Crippen molar-refractivity contribution in [2.24, 2.45) is 0 Å². The van der Waals surface area contributed by atoms with Gasteiger partial charge in [0, 0.05) is 24.8 Å². The van der Waals surface area contributed by atoms with E-state index in [1.54, 1.807) is 0 Å². The molecule has 1 aliphatic heterocycles. The summed E-state index contributed by atoms with van der Waals surface area (Å²) in [6, 6.07) is 8.52. The monoisotopic (exact) mass is 278 g/mol. The smallest absolute Gasteiger partial charge is 0.0935 e. The second-order valence-corrected chi connectivity index (χ2v) is 5.61. The predicted molar refractivity (Wildman–Crippen MR) is 81.8 cm³/mol. The van der Waals surface area contributed by atoms with Gasteiger partial charge in [0.05, 0.1) is 25.9 Å². The Balaban J connectivity index is 1.67. The number of nitrogens with zero attached hydrogens (tertiary/aromatic N) is 1. The van der Waals surface area contributed by atoms with E-state index in [4.69, 9.17) is 15.2 Å². The largest absolute Gasteiger partial charge is 0.399 e. The molecule has 4 heteroatoms. The minimum Gasteiger partial charge on any atom is -0.399 e. The highest BCUT2D eigenvalue weighted by molar-refractivity contribution is 5.46. The van der Waals surface area contributed by atoms with E-state index in [0.29, 0.717) is 19.3 Å². The zero-order chi connectivity index (χ0) is 14.4. The van der Waals surface area contributed by atoms with Gasteiger partial charge < -0.3 is 15.2 Å². The molecule has 1 aromatic carbocycles. The second kappa shape index (κ2) is 7.62. The number of nitrogen functional groups attached to an aromatic ring is 1. The minimum absolute atomic E-state index is 0.194. The summed E-state index contributed by atoms with van der Waals surface area (Å²) in [4.78, 5) is 2.44. The molecule has 20 heavy (non-hydrogen) atoms. The molecule has 0 bridgehead atoms. The standard InChI is InChI=1S/C16H26N2O2/c1-13(2)18-8-10-20-15(11-18)12-19-9-7-14-5-3-4-6-16(14)17/h3-6,13,15H,7-12,17H2,1-2H3. The van der Waals surface area contributed by atoms with Gasteiger partial charge in [-0.2, -0.15) is 0 Å². The van der Waals surface area contributed by atoms with Gasteiger partial charge in [0.25, 0.3) is 0 Å². The molecule has 1 aromatic rings. The van der Waals surface area contributed by atoms with Gasteiger partial charge in [-0.15, -0.1) is 0 Å². The first-order valence-corrected chi connectivity index (χ1v) is 7.43. The molecule has 0 saturated carbocycles. The summed E-state index contributed by atoms with van der Waals surface area (Å²) in [6.45, 7) is 8.59. The molecule has 1 saturated heterocycles. The highest BCUT2D eigenvalue weighted by Crippen LogP contribution is 2.12.